The molecule has 2 aromatic carbocycles. The monoisotopic (exact) mass is 337 g/mol. The summed E-state index contributed by atoms with van der Waals surface area (Å²) in [6.07, 6.45) is -3.41. The van der Waals surface area contributed by atoms with E-state index in [1.807, 2.05) is 0 Å². The van der Waals surface area contributed by atoms with Crippen molar-refractivity contribution < 1.29 is 22.5 Å². The van der Waals surface area contributed by atoms with Crippen molar-refractivity contribution in [2.75, 3.05) is 0 Å². The zero-order valence-corrected chi connectivity index (χ0v) is 11.7. The molecule has 9 heteroatoms. The molecule has 0 saturated heterocycles. The number of hydrogen-bond donors (Lipinski definition) is 0. The van der Waals surface area contributed by atoms with Crippen molar-refractivity contribution in [3.8, 4) is 11.4 Å². The number of hydrogen-bond acceptors (Lipinski definition) is 4. The molecule has 24 heavy (non-hydrogen) atoms. The topological polar surface area (TPSA) is 68.9 Å². The molecule has 0 aliphatic heterocycles. The molecule has 1 heterocycles. The van der Waals surface area contributed by atoms with Crippen molar-refractivity contribution in [3.05, 3.63) is 64.1 Å². The molecule has 0 fully saturated rings. The molecule has 0 atom stereocenters. The highest BCUT2D eigenvalue weighted by Crippen LogP contribution is 2.32. The number of rotatable bonds is 2. The zero-order chi connectivity index (χ0) is 17.5. The maximum Gasteiger partial charge on any atom is 0.416 e. The highest BCUT2D eigenvalue weighted by atomic mass is 19.4. The molecule has 0 aliphatic rings. The van der Waals surface area contributed by atoms with Crippen LogP contribution in [-0.2, 0) is 6.18 Å². The van der Waals surface area contributed by atoms with Gasteiger partial charge in [0, 0.05) is 29.3 Å². The summed E-state index contributed by atoms with van der Waals surface area (Å²) < 4.78 is 51.8. The van der Waals surface area contributed by atoms with Crippen LogP contribution in [0, 0.1) is 15.9 Å². The number of nitrogens with zero attached hydrogens (tertiary/aromatic N) is 3. The Morgan fingerprint density at radius 1 is 1.08 bits per heavy atom. The number of nitro benzene ring substituents is 1. The molecule has 0 N–H and O–H groups in total. The van der Waals surface area contributed by atoms with Crippen LogP contribution in [0.4, 0.5) is 23.2 Å². The number of non-ortho nitro benzene ring substituents is 1. The molecule has 3 rings (SSSR count). The van der Waals surface area contributed by atoms with Crippen LogP contribution in [0.5, 0.6) is 0 Å². The number of benzene rings is 2. The first kappa shape index (κ1) is 15.8. The van der Waals surface area contributed by atoms with Crippen molar-refractivity contribution in [1.29, 1.82) is 0 Å². The predicted octanol–water partition coefficient (Wildman–Crippen LogP) is 4.36. The standard InChI is InChI=1S/C15H7F4N3O2/c16-11-4-9(3-10(5-11)15(17,18)19)14-20-7-8-1-2-12(22(23)24)6-13(8)21-14/h1-7H. The van der Waals surface area contributed by atoms with E-state index in [2.05, 4.69) is 9.97 Å². The van der Waals surface area contributed by atoms with E-state index in [-0.39, 0.29) is 22.6 Å². The third-order valence-corrected chi connectivity index (χ3v) is 3.26. The molecule has 122 valence electrons. The fraction of sp³-hybridized carbons (Fsp3) is 0.0667. The van der Waals surface area contributed by atoms with E-state index in [1.54, 1.807) is 0 Å². The van der Waals surface area contributed by atoms with E-state index in [4.69, 9.17) is 0 Å². The first-order valence-corrected chi connectivity index (χ1v) is 6.53. The number of halogens is 4. The van der Waals surface area contributed by atoms with Crippen LogP contribution in [-0.4, -0.2) is 14.9 Å². The molecule has 0 saturated carbocycles. The van der Waals surface area contributed by atoms with Crippen molar-refractivity contribution in [1.82, 2.24) is 9.97 Å². The minimum absolute atomic E-state index is 0.159. The van der Waals surface area contributed by atoms with Gasteiger partial charge in [-0.05, 0) is 24.3 Å². The first-order chi connectivity index (χ1) is 11.2. The lowest BCUT2D eigenvalue weighted by Gasteiger charge is -2.09. The first-order valence-electron chi connectivity index (χ1n) is 6.53. The summed E-state index contributed by atoms with van der Waals surface area (Å²) in [5.74, 6) is -1.24. The molecule has 0 bridgehead atoms. The van der Waals surface area contributed by atoms with Gasteiger partial charge in [0.15, 0.2) is 5.82 Å². The van der Waals surface area contributed by atoms with Crippen molar-refractivity contribution >= 4 is 16.6 Å². The second-order valence-electron chi connectivity index (χ2n) is 4.92. The summed E-state index contributed by atoms with van der Waals surface area (Å²) in [5, 5.41) is 11.3. The Kier molecular flexibility index (Phi) is 3.63. The van der Waals surface area contributed by atoms with Gasteiger partial charge in [0.2, 0.25) is 0 Å². The van der Waals surface area contributed by atoms with Gasteiger partial charge in [-0.3, -0.25) is 10.1 Å². The van der Waals surface area contributed by atoms with Crippen LogP contribution in [0.3, 0.4) is 0 Å². The van der Waals surface area contributed by atoms with Crippen molar-refractivity contribution in [3.63, 3.8) is 0 Å². The highest BCUT2D eigenvalue weighted by molar-refractivity contribution is 5.81. The molecule has 0 spiro atoms. The van der Waals surface area contributed by atoms with E-state index in [9.17, 15) is 27.7 Å². The smallest absolute Gasteiger partial charge is 0.258 e. The predicted molar refractivity (Wildman–Crippen MR) is 76.6 cm³/mol. The molecular formula is C15H7F4N3O2. The average molecular weight is 337 g/mol. The molecule has 5 nitrogen and oxygen atoms in total. The summed E-state index contributed by atoms with van der Waals surface area (Å²) in [6.45, 7) is 0. The lowest BCUT2D eigenvalue weighted by molar-refractivity contribution is -0.384. The number of nitro groups is 1. The summed E-state index contributed by atoms with van der Waals surface area (Å²) in [7, 11) is 0. The van der Waals surface area contributed by atoms with Gasteiger partial charge in [0.25, 0.3) is 5.69 Å². The molecular weight excluding hydrogens is 330 g/mol. The maximum atomic E-state index is 13.5. The average Bonchev–Trinajstić information content (AvgIpc) is 2.52. The van der Waals surface area contributed by atoms with E-state index < -0.39 is 22.5 Å². The van der Waals surface area contributed by atoms with Gasteiger partial charge in [-0.25, -0.2) is 14.4 Å². The van der Waals surface area contributed by atoms with Gasteiger partial charge < -0.3 is 0 Å². The van der Waals surface area contributed by atoms with Crippen LogP contribution in [0.2, 0.25) is 0 Å². The van der Waals surface area contributed by atoms with Crippen molar-refractivity contribution in [2.24, 2.45) is 0 Å². The SMILES string of the molecule is O=[N+]([O-])c1ccc2cnc(-c3cc(F)cc(C(F)(F)F)c3)nc2c1. The van der Waals surface area contributed by atoms with Crippen LogP contribution >= 0.6 is 0 Å². The minimum Gasteiger partial charge on any atom is -0.258 e. The largest absolute Gasteiger partial charge is 0.416 e. The van der Waals surface area contributed by atoms with Gasteiger partial charge in [0.05, 0.1) is 16.0 Å². The Labute approximate surface area is 131 Å². The van der Waals surface area contributed by atoms with Gasteiger partial charge in [-0.15, -0.1) is 0 Å². The number of alkyl halides is 3. The number of aromatic nitrogens is 2. The molecule has 3 aromatic rings. The van der Waals surface area contributed by atoms with Gasteiger partial charge in [-0.1, -0.05) is 0 Å². The highest BCUT2D eigenvalue weighted by Gasteiger charge is 2.31. The molecule has 0 radical (unpaired) electrons. The van der Waals surface area contributed by atoms with E-state index in [1.165, 1.54) is 24.4 Å². The van der Waals surface area contributed by atoms with Crippen molar-refractivity contribution in [2.45, 2.75) is 6.18 Å². The lowest BCUT2D eigenvalue weighted by Crippen LogP contribution is -2.06. The van der Waals surface area contributed by atoms with Gasteiger partial charge in [-0.2, -0.15) is 13.2 Å². The van der Waals surface area contributed by atoms with Crippen LogP contribution in [0.1, 0.15) is 5.56 Å². The summed E-state index contributed by atoms with van der Waals surface area (Å²) >= 11 is 0. The van der Waals surface area contributed by atoms with E-state index in [0.29, 0.717) is 11.5 Å². The third-order valence-electron chi connectivity index (χ3n) is 3.26. The zero-order valence-electron chi connectivity index (χ0n) is 11.7. The quantitative estimate of drug-likeness (QED) is 0.396. The molecule has 0 aliphatic carbocycles. The normalized spacial score (nSPS) is 11.7. The lowest BCUT2D eigenvalue weighted by atomic mass is 10.1. The Bertz CT molecular complexity index is 957. The fourth-order valence-electron chi connectivity index (χ4n) is 2.15. The fourth-order valence-corrected chi connectivity index (χ4v) is 2.15. The second kappa shape index (κ2) is 5.52. The van der Waals surface area contributed by atoms with Crippen LogP contribution < -0.4 is 0 Å². The van der Waals surface area contributed by atoms with Gasteiger partial charge >= 0.3 is 6.18 Å². The van der Waals surface area contributed by atoms with E-state index in [0.717, 1.165) is 12.1 Å². The molecule has 0 amide bonds. The molecule has 1 aromatic heterocycles. The Balaban J connectivity index is 2.15. The Morgan fingerprint density at radius 3 is 2.50 bits per heavy atom. The Morgan fingerprint density at radius 2 is 1.83 bits per heavy atom. The Hall–Kier alpha value is -3.10. The number of fused-ring (bicyclic) bond motifs is 1. The second-order valence-corrected chi connectivity index (χ2v) is 4.92. The maximum absolute atomic E-state index is 13.5. The molecule has 0 unspecified atom stereocenters. The third kappa shape index (κ3) is 3.00. The van der Waals surface area contributed by atoms with Crippen LogP contribution in [0.15, 0.2) is 42.6 Å². The van der Waals surface area contributed by atoms with E-state index >= 15 is 0 Å². The summed E-state index contributed by atoms with van der Waals surface area (Å²) in [5.41, 5.74) is -1.38. The van der Waals surface area contributed by atoms with Crippen LogP contribution in [0.25, 0.3) is 22.3 Å². The minimum atomic E-state index is -4.72. The summed E-state index contributed by atoms with van der Waals surface area (Å²) in [4.78, 5) is 18.1. The summed E-state index contributed by atoms with van der Waals surface area (Å²) in [6, 6.07) is 5.81. The van der Waals surface area contributed by atoms with Gasteiger partial charge in [0.1, 0.15) is 5.82 Å².